The molecule has 1 aliphatic rings. The first-order valence-corrected chi connectivity index (χ1v) is 12.6. The Hall–Kier alpha value is -3.07. The highest BCUT2D eigenvalue weighted by molar-refractivity contribution is 14.1. The number of nitrogens with one attached hydrogen (secondary N) is 2. The monoisotopic (exact) mass is 584 g/mol. The van der Waals surface area contributed by atoms with Gasteiger partial charge in [0.15, 0.2) is 0 Å². The molecule has 0 atom stereocenters. The summed E-state index contributed by atoms with van der Waals surface area (Å²) in [6, 6.07) is 20.3. The minimum atomic E-state index is -0.589. The van der Waals surface area contributed by atoms with Crippen LogP contribution < -0.4 is 10.6 Å². The third-order valence-electron chi connectivity index (χ3n) is 5.82. The van der Waals surface area contributed by atoms with E-state index in [2.05, 4.69) is 57.5 Å². The van der Waals surface area contributed by atoms with Gasteiger partial charge in [0, 0.05) is 21.7 Å². The topological polar surface area (TPSA) is 76.7 Å². The van der Waals surface area contributed by atoms with Crippen molar-refractivity contribution in [3.63, 3.8) is 0 Å². The second-order valence-electron chi connectivity index (χ2n) is 9.56. The lowest BCUT2D eigenvalue weighted by Crippen LogP contribution is -2.28. The maximum Gasteiger partial charge on any atom is 0.412 e. The molecule has 0 radical (unpaired) electrons. The lowest BCUT2D eigenvalue weighted by Gasteiger charge is -2.20. The number of benzene rings is 3. The summed E-state index contributed by atoms with van der Waals surface area (Å²) in [6.45, 7) is 7.91. The molecule has 0 saturated carbocycles. The van der Waals surface area contributed by atoms with E-state index in [0.717, 1.165) is 14.7 Å². The summed E-state index contributed by atoms with van der Waals surface area (Å²) in [6.07, 6.45) is -0.998. The highest BCUT2D eigenvalue weighted by atomic mass is 127. The Morgan fingerprint density at radius 2 is 1.54 bits per heavy atom. The van der Waals surface area contributed by atoms with Crippen molar-refractivity contribution in [1.29, 1.82) is 0 Å². The molecule has 0 aliphatic heterocycles. The summed E-state index contributed by atoms with van der Waals surface area (Å²) < 4.78 is 12.0. The largest absolute Gasteiger partial charge is 0.449 e. The summed E-state index contributed by atoms with van der Waals surface area (Å²) in [5, 5.41) is 5.63. The molecule has 3 aromatic rings. The SMILES string of the molecule is Cc1c(I)cc(CNC(=O)OCC2c3ccccc3-c3ccccc32)cc1NC(=O)OC(C)(C)C. The maximum absolute atomic E-state index is 12.5. The maximum atomic E-state index is 12.5. The van der Waals surface area contributed by atoms with Gasteiger partial charge in [-0.1, -0.05) is 48.5 Å². The van der Waals surface area contributed by atoms with Gasteiger partial charge in [0.25, 0.3) is 0 Å². The quantitative estimate of drug-likeness (QED) is 0.317. The Morgan fingerprint density at radius 3 is 2.14 bits per heavy atom. The molecule has 0 unspecified atom stereocenters. The molecule has 35 heavy (non-hydrogen) atoms. The van der Waals surface area contributed by atoms with Gasteiger partial charge >= 0.3 is 12.2 Å². The summed E-state index contributed by atoms with van der Waals surface area (Å²) in [5.41, 5.74) is 6.57. The van der Waals surface area contributed by atoms with Gasteiger partial charge in [-0.3, -0.25) is 5.32 Å². The van der Waals surface area contributed by atoms with E-state index in [4.69, 9.17) is 9.47 Å². The van der Waals surface area contributed by atoms with Crippen molar-refractivity contribution in [2.24, 2.45) is 0 Å². The molecule has 2 N–H and O–H groups in total. The number of alkyl carbamates (subject to hydrolysis) is 1. The number of hydrogen-bond acceptors (Lipinski definition) is 4. The van der Waals surface area contributed by atoms with Crippen LogP contribution in [0, 0.1) is 10.5 Å². The highest BCUT2D eigenvalue weighted by Gasteiger charge is 2.29. The number of anilines is 1. The standard InChI is InChI=1S/C28H29IN2O4/c1-17-24(29)13-18(14-25(17)31-27(33)35-28(2,3)4)15-30-26(32)34-16-23-21-11-7-5-9-19(21)20-10-6-8-12-22(20)23/h5-14,23H,15-16H2,1-4H3,(H,30,32)(H,31,33). The van der Waals surface area contributed by atoms with Crippen molar-refractivity contribution in [2.45, 2.75) is 45.8 Å². The van der Waals surface area contributed by atoms with Gasteiger partial charge in [-0.2, -0.15) is 0 Å². The molecule has 7 heteroatoms. The fourth-order valence-corrected chi connectivity index (χ4v) is 4.89. The minimum absolute atomic E-state index is 0.0121. The fourth-order valence-electron chi connectivity index (χ4n) is 4.20. The number of fused-ring (bicyclic) bond motifs is 3. The van der Waals surface area contributed by atoms with Gasteiger partial charge in [0.1, 0.15) is 12.2 Å². The molecule has 3 aromatic carbocycles. The molecule has 6 nitrogen and oxygen atoms in total. The molecule has 182 valence electrons. The summed E-state index contributed by atoms with van der Waals surface area (Å²) in [5.74, 6) is 0.0121. The zero-order valence-corrected chi connectivity index (χ0v) is 22.4. The average Bonchev–Trinajstić information content (AvgIpc) is 3.12. The van der Waals surface area contributed by atoms with Crippen molar-refractivity contribution in [3.05, 3.63) is 86.5 Å². The minimum Gasteiger partial charge on any atom is -0.449 e. The molecule has 4 rings (SSSR count). The first kappa shape index (κ1) is 25.0. The van der Waals surface area contributed by atoms with Crippen molar-refractivity contribution >= 4 is 40.5 Å². The first-order chi connectivity index (χ1) is 16.6. The molecule has 0 saturated heterocycles. The van der Waals surface area contributed by atoms with Gasteiger partial charge in [-0.05, 0) is 95.8 Å². The number of rotatable bonds is 5. The number of hydrogen-bond donors (Lipinski definition) is 2. The normalized spacial score (nSPS) is 12.5. The second-order valence-corrected chi connectivity index (χ2v) is 10.7. The van der Waals surface area contributed by atoms with Crippen molar-refractivity contribution in [2.75, 3.05) is 11.9 Å². The van der Waals surface area contributed by atoms with E-state index >= 15 is 0 Å². The van der Waals surface area contributed by atoms with Crippen LogP contribution in [0.3, 0.4) is 0 Å². The van der Waals surface area contributed by atoms with Crippen molar-refractivity contribution in [3.8, 4) is 11.1 Å². The van der Waals surface area contributed by atoms with Crippen LogP contribution in [0.2, 0.25) is 0 Å². The fraction of sp³-hybridized carbons (Fsp3) is 0.286. The van der Waals surface area contributed by atoms with Crippen LogP contribution in [0.25, 0.3) is 11.1 Å². The zero-order chi connectivity index (χ0) is 25.2. The van der Waals surface area contributed by atoms with E-state index in [1.165, 1.54) is 22.3 Å². The molecule has 0 fully saturated rings. The Kier molecular flexibility index (Phi) is 7.35. The Balaban J connectivity index is 1.38. The number of ether oxygens (including phenoxy) is 2. The third-order valence-corrected chi connectivity index (χ3v) is 6.94. The second kappa shape index (κ2) is 10.3. The van der Waals surface area contributed by atoms with E-state index in [1.807, 2.05) is 64.1 Å². The Bertz CT molecular complexity index is 1220. The van der Waals surface area contributed by atoms with Crippen LogP contribution in [0.1, 0.15) is 48.9 Å². The summed E-state index contributed by atoms with van der Waals surface area (Å²) in [4.78, 5) is 24.8. The summed E-state index contributed by atoms with van der Waals surface area (Å²) >= 11 is 2.21. The lowest BCUT2D eigenvalue weighted by molar-refractivity contribution is 0.0635. The predicted molar refractivity (Wildman–Crippen MR) is 146 cm³/mol. The lowest BCUT2D eigenvalue weighted by atomic mass is 9.98. The van der Waals surface area contributed by atoms with Crippen molar-refractivity contribution in [1.82, 2.24) is 5.32 Å². The van der Waals surface area contributed by atoms with Crippen LogP contribution in [0.4, 0.5) is 15.3 Å². The van der Waals surface area contributed by atoms with Gasteiger partial charge in [-0.15, -0.1) is 0 Å². The van der Waals surface area contributed by atoms with Crippen LogP contribution in [-0.4, -0.2) is 24.4 Å². The molecule has 0 heterocycles. The smallest absolute Gasteiger partial charge is 0.412 e. The zero-order valence-electron chi connectivity index (χ0n) is 20.3. The van der Waals surface area contributed by atoms with E-state index < -0.39 is 17.8 Å². The highest BCUT2D eigenvalue weighted by Crippen LogP contribution is 2.44. The predicted octanol–water partition coefficient (Wildman–Crippen LogP) is 6.99. The number of halogens is 1. The molecular formula is C28H29IN2O4. The van der Waals surface area contributed by atoms with Crippen LogP contribution in [-0.2, 0) is 16.0 Å². The Labute approximate surface area is 219 Å². The Morgan fingerprint density at radius 1 is 0.943 bits per heavy atom. The van der Waals surface area contributed by atoms with E-state index in [-0.39, 0.29) is 19.1 Å². The number of amides is 2. The molecule has 0 aromatic heterocycles. The van der Waals surface area contributed by atoms with E-state index in [1.54, 1.807) is 0 Å². The van der Waals surface area contributed by atoms with Crippen molar-refractivity contribution < 1.29 is 19.1 Å². The first-order valence-electron chi connectivity index (χ1n) is 11.5. The van der Waals surface area contributed by atoms with E-state index in [9.17, 15) is 9.59 Å². The molecule has 0 spiro atoms. The molecular weight excluding hydrogens is 555 g/mol. The van der Waals surface area contributed by atoms with Gasteiger partial charge in [0.2, 0.25) is 0 Å². The number of carbonyl (C=O) groups excluding carboxylic acids is 2. The number of carbonyl (C=O) groups is 2. The van der Waals surface area contributed by atoms with Crippen LogP contribution in [0.15, 0.2) is 60.7 Å². The summed E-state index contributed by atoms with van der Waals surface area (Å²) in [7, 11) is 0. The average molecular weight is 584 g/mol. The van der Waals surface area contributed by atoms with E-state index in [0.29, 0.717) is 5.69 Å². The third kappa shape index (κ3) is 5.96. The molecule has 0 bridgehead atoms. The van der Waals surface area contributed by atoms with Gasteiger partial charge < -0.3 is 14.8 Å². The van der Waals surface area contributed by atoms with Gasteiger partial charge in [0.05, 0.1) is 0 Å². The molecule has 1 aliphatic carbocycles. The molecule has 2 amide bonds. The van der Waals surface area contributed by atoms with Crippen LogP contribution in [0.5, 0.6) is 0 Å². The van der Waals surface area contributed by atoms with Gasteiger partial charge in [-0.25, -0.2) is 9.59 Å². The van der Waals surface area contributed by atoms with Crippen LogP contribution >= 0.6 is 22.6 Å².